The fraction of sp³-hybridized carbons (Fsp3) is 0.667. The van der Waals surface area contributed by atoms with Crippen LogP contribution in [-0.4, -0.2) is 54.8 Å². The number of furan rings is 1. The molecule has 1 aromatic heterocycles. The summed E-state index contributed by atoms with van der Waals surface area (Å²) in [6, 6.07) is 3.81. The molecule has 6 nitrogen and oxygen atoms in total. The van der Waals surface area contributed by atoms with Crippen LogP contribution < -0.4 is 5.32 Å². The van der Waals surface area contributed by atoms with Gasteiger partial charge in [0.1, 0.15) is 11.5 Å². The van der Waals surface area contributed by atoms with Gasteiger partial charge in [-0.05, 0) is 51.4 Å². The molecule has 1 N–H and O–H groups in total. The molecule has 1 aromatic rings. The van der Waals surface area contributed by atoms with Crippen molar-refractivity contribution in [1.82, 2.24) is 15.1 Å². The topological polar surface area (TPSA) is 65.8 Å². The molecule has 6 heteroatoms. The molecule has 2 amide bonds. The third-order valence-corrected chi connectivity index (χ3v) is 4.48. The number of aryl methyl sites for hydroxylation is 1. The zero-order valence-corrected chi connectivity index (χ0v) is 15.0. The summed E-state index contributed by atoms with van der Waals surface area (Å²) in [7, 11) is 1.80. The third kappa shape index (κ3) is 5.37. The minimum Gasteiger partial charge on any atom is -0.464 e. The van der Waals surface area contributed by atoms with Crippen molar-refractivity contribution >= 4 is 11.8 Å². The summed E-state index contributed by atoms with van der Waals surface area (Å²) in [6.07, 6.45) is 2.61. The van der Waals surface area contributed by atoms with E-state index in [4.69, 9.17) is 4.42 Å². The molecule has 0 saturated carbocycles. The second kappa shape index (κ2) is 8.87. The number of nitrogens with one attached hydrogen (secondary N) is 1. The molecule has 24 heavy (non-hydrogen) atoms. The zero-order chi connectivity index (χ0) is 17.5. The predicted molar refractivity (Wildman–Crippen MR) is 92.4 cm³/mol. The van der Waals surface area contributed by atoms with E-state index in [1.807, 2.05) is 19.1 Å². The maximum absolute atomic E-state index is 12.3. The quantitative estimate of drug-likeness (QED) is 0.825. The first-order valence-corrected chi connectivity index (χ1v) is 8.79. The Bertz CT molecular complexity index is 547. The second-order valence-corrected chi connectivity index (χ2v) is 6.60. The van der Waals surface area contributed by atoms with Crippen LogP contribution in [0.15, 0.2) is 16.5 Å². The normalized spacial score (nSPS) is 16.1. The Hall–Kier alpha value is -1.82. The number of likely N-dealkylation sites (tertiary alicyclic amines) is 1. The summed E-state index contributed by atoms with van der Waals surface area (Å²) in [5, 5.41) is 2.96. The lowest BCUT2D eigenvalue weighted by Gasteiger charge is -2.31. The van der Waals surface area contributed by atoms with E-state index < -0.39 is 0 Å². The van der Waals surface area contributed by atoms with E-state index in [9.17, 15) is 9.59 Å². The van der Waals surface area contributed by atoms with E-state index >= 15 is 0 Å². The fourth-order valence-corrected chi connectivity index (χ4v) is 2.95. The zero-order valence-electron chi connectivity index (χ0n) is 15.0. The molecule has 2 rings (SSSR count). The van der Waals surface area contributed by atoms with Crippen molar-refractivity contribution in [1.29, 1.82) is 0 Å². The Labute approximate surface area is 144 Å². The largest absolute Gasteiger partial charge is 0.464 e. The van der Waals surface area contributed by atoms with Crippen molar-refractivity contribution in [2.45, 2.75) is 39.7 Å². The van der Waals surface area contributed by atoms with E-state index in [-0.39, 0.29) is 17.7 Å². The first-order chi connectivity index (χ1) is 11.5. The molecule has 0 unspecified atom stereocenters. The van der Waals surface area contributed by atoms with Crippen molar-refractivity contribution in [2.24, 2.45) is 5.92 Å². The van der Waals surface area contributed by atoms with Crippen molar-refractivity contribution in [2.75, 3.05) is 33.2 Å². The van der Waals surface area contributed by atoms with Gasteiger partial charge in [0.05, 0.1) is 13.1 Å². The third-order valence-electron chi connectivity index (χ3n) is 4.48. The Morgan fingerprint density at radius 3 is 2.62 bits per heavy atom. The van der Waals surface area contributed by atoms with E-state index in [1.165, 1.54) is 0 Å². The highest BCUT2D eigenvalue weighted by Gasteiger charge is 2.26. The van der Waals surface area contributed by atoms with Crippen molar-refractivity contribution in [3.05, 3.63) is 23.7 Å². The number of rotatable bonds is 7. The maximum Gasteiger partial charge on any atom is 0.236 e. The molecule has 2 heterocycles. The molecule has 0 aliphatic carbocycles. The first-order valence-electron chi connectivity index (χ1n) is 8.79. The molecule has 134 valence electrons. The minimum atomic E-state index is 0.0814. The maximum atomic E-state index is 12.3. The van der Waals surface area contributed by atoms with Gasteiger partial charge in [-0.25, -0.2) is 0 Å². The highest BCUT2D eigenvalue weighted by Crippen LogP contribution is 2.17. The Morgan fingerprint density at radius 2 is 2.04 bits per heavy atom. The molecule has 0 aromatic carbocycles. The monoisotopic (exact) mass is 335 g/mol. The van der Waals surface area contributed by atoms with Gasteiger partial charge in [0.15, 0.2) is 0 Å². The minimum absolute atomic E-state index is 0.0814. The number of nitrogens with zero attached hydrogens (tertiary/aromatic N) is 2. The van der Waals surface area contributed by atoms with E-state index in [1.54, 1.807) is 11.9 Å². The van der Waals surface area contributed by atoms with Crippen LogP contribution in [0.3, 0.4) is 0 Å². The van der Waals surface area contributed by atoms with Crippen LogP contribution in [0.25, 0.3) is 0 Å². The van der Waals surface area contributed by atoms with Crippen LogP contribution >= 0.6 is 0 Å². The average Bonchev–Trinajstić information content (AvgIpc) is 2.98. The number of carbonyl (C=O) groups is 2. The number of likely N-dealkylation sites (N-methyl/N-ethyl adjacent to an activating group) is 1. The van der Waals surface area contributed by atoms with Gasteiger partial charge < -0.3 is 14.6 Å². The molecular formula is C18H29N3O3. The molecule has 0 spiro atoms. The van der Waals surface area contributed by atoms with Crippen LogP contribution in [0.4, 0.5) is 0 Å². The summed E-state index contributed by atoms with van der Waals surface area (Å²) in [6.45, 7) is 7.17. The summed E-state index contributed by atoms with van der Waals surface area (Å²) < 4.78 is 5.51. The average molecular weight is 335 g/mol. The van der Waals surface area contributed by atoms with Gasteiger partial charge in [0.2, 0.25) is 11.8 Å². The van der Waals surface area contributed by atoms with E-state index in [0.717, 1.165) is 50.4 Å². The van der Waals surface area contributed by atoms with Gasteiger partial charge >= 0.3 is 0 Å². The lowest BCUT2D eigenvalue weighted by atomic mass is 9.96. The van der Waals surface area contributed by atoms with Crippen LogP contribution in [0.2, 0.25) is 0 Å². The molecule has 1 saturated heterocycles. The van der Waals surface area contributed by atoms with Gasteiger partial charge in [-0.2, -0.15) is 0 Å². The van der Waals surface area contributed by atoms with Gasteiger partial charge in [-0.1, -0.05) is 6.92 Å². The Morgan fingerprint density at radius 1 is 1.33 bits per heavy atom. The van der Waals surface area contributed by atoms with Crippen molar-refractivity contribution in [3.63, 3.8) is 0 Å². The number of hydrogen-bond donors (Lipinski definition) is 1. The lowest BCUT2D eigenvalue weighted by Crippen LogP contribution is -2.44. The highest BCUT2D eigenvalue weighted by molar-refractivity contribution is 5.79. The molecule has 0 atom stereocenters. The van der Waals surface area contributed by atoms with Crippen LogP contribution in [-0.2, 0) is 16.1 Å². The highest BCUT2D eigenvalue weighted by atomic mass is 16.3. The standard InChI is InChI=1S/C18H29N3O3/c1-4-9-19-18(23)15-7-10-21(11-8-15)13-17(22)20(3)12-16-6-5-14(2)24-16/h5-6,15H,4,7-13H2,1-3H3,(H,19,23). The number of carbonyl (C=O) groups excluding carboxylic acids is 2. The summed E-state index contributed by atoms with van der Waals surface area (Å²) >= 11 is 0. The molecular weight excluding hydrogens is 306 g/mol. The SMILES string of the molecule is CCCNC(=O)C1CCN(CC(=O)N(C)Cc2ccc(C)o2)CC1. The van der Waals surface area contributed by atoms with Gasteiger partial charge in [-0.3, -0.25) is 14.5 Å². The number of piperidine rings is 1. The molecule has 1 aliphatic heterocycles. The predicted octanol–water partition coefficient (Wildman–Crippen LogP) is 1.78. The summed E-state index contributed by atoms with van der Waals surface area (Å²) in [4.78, 5) is 28.2. The van der Waals surface area contributed by atoms with E-state index in [0.29, 0.717) is 13.1 Å². The van der Waals surface area contributed by atoms with Crippen molar-refractivity contribution in [3.8, 4) is 0 Å². The first kappa shape index (κ1) is 18.5. The Balaban J connectivity index is 1.72. The van der Waals surface area contributed by atoms with E-state index in [2.05, 4.69) is 17.1 Å². The van der Waals surface area contributed by atoms with Crippen LogP contribution in [0, 0.1) is 12.8 Å². The second-order valence-electron chi connectivity index (χ2n) is 6.60. The molecule has 1 fully saturated rings. The number of amides is 2. The van der Waals surface area contributed by atoms with Crippen molar-refractivity contribution < 1.29 is 14.0 Å². The summed E-state index contributed by atoms with van der Waals surface area (Å²) in [5.74, 6) is 1.99. The lowest BCUT2D eigenvalue weighted by molar-refractivity contribution is -0.132. The van der Waals surface area contributed by atoms with Gasteiger partial charge in [-0.15, -0.1) is 0 Å². The molecule has 0 radical (unpaired) electrons. The number of hydrogen-bond acceptors (Lipinski definition) is 4. The van der Waals surface area contributed by atoms with Crippen LogP contribution in [0.1, 0.15) is 37.7 Å². The van der Waals surface area contributed by atoms with Gasteiger partial charge in [0, 0.05) is 19.5 Å². The molecule has 0 bridgehead atoms. The Kier molecular flexibility index (Phi) is 6.85. The summed E-state index contributed by atoms with van der Waals surface area (Å²) in [5.41, 5.74) is 0. The smallest absolute Gasteiger partial charge is 0.236 e. The molecule has 1 aliphatic rings. The van der Waals surface area contributed by atoms with Gasteiger partial charge in [0.25, 0.3) is 0 Å². The van der Waals surface area contributed by atoms with Crippen LogP contribution in [0.5, 0.6) is 0 Å². The fourth-order valence-electron chi connectivity index (χ4n) is 2.95.